The van der Waals surface area contributed by atoms with E-state index in [9.17, 15) is 32.3 Å². The summed E-state index contributed by atoms with van der Waals surface area (Å²) in [5.41, 5.74) is 2.29. The smallest absolute Gasteiger partial charge is 0.224 e. The number of anilines is 1. The molecular formula is C30H33F4N3O3. The summed E-state index contributed by atoms with van der Waals surface area (Å²) in [4.78, 5) is 24.8. The summed E-state index contributed by atoms with van der Waals surface area (Å²) in [7, 11) is 0. The maximum absolute atomic E-state index is 13.8. The topological polar surface area (TPSA) is 90.5 Å². The molecule has 2 amide bonds. The van der Waals surface area contributed by atoms with Gasteiger partial charge in [-0.3, -0.25) is 9.59 Å². The third-order valence-corrected chi connectivity index (χ3v) is 6.28. The molecule has 0 saturated heterocycles. The average molecular weight is 560 g/mol. The second-order valence-electron chi connectivity index (χ2n) is 9.55. The molecule has 10 heteroatoms. The van der Waals surface area contributed by atoms with Gasteiger partial charge >= 0.3 is 0 Å². The summed E-state index contributed by atoms with van der Waals surface area (Å²) in [5, 5.41) is 19.0. The molecule has 40 heavy (non-hydrogen) atoms. The van der Waals surface area contributed by atoms with Crippen molar-refractivity contribution >= 4 is 17.5 Å². The minimum absolute atomic E-state index is 0.0289. The number of amides is 2. The number of halogens is 4. The van der Waals surface area contributed by atoms with Gasteiger partial charge in [-0.2, -0.15) is 0 Å². The number of carbonyl (C=O) groups excluding carboxylic acids is 2. The Morgan fingerprint density at radius 2 is 1.52 bits per heavy atom. The average Bonchev–Trinajstić information content (AvgIpc) is 2.89. The van der Waals surface area contributed by atoms with Crippen LogP contribution in [0, 0.1) is 23.3 Å². The van der Waals surface area contributed by atoms with E-state index in [1.54, 1.807) is 0 Å². The molecule has 214 valence electrons. The number of aryl methyl sites for hydroxylation is 1. The molecule has 0 aromatic heterocycles. The van der Waals surface area contributed by atoms with Crippen molar-refractivity contribution in [2.75, 3.05) is 11.9 Å². The first-order chi connectivity index (χ1) is 19.1. The molecule has 6 nitrogen and oxygen atoms in total. The number of aliphatic hydroxyl groups excluding tert-OH is 1. The SMILES string of the molecule is CCc1cccc(CNC[C@@H](O)[C@H](Cc2cc(F)cc(F)c2)NC(=O)CCCC(=O)Nc2ccc(F)cc2F)c1. The molecular weight excluding hydrogens is 526 g/mol. The van der Waals surface area contributed by atoms with E-state index in [0.29, 0.717) is 12.6 Å². The summed E-state index contributed by atoms with van der Waals surface area (Å²) in [6.07, 6.45) is -0.306. The van der Waals surface area contributed by atoms with Crippen LogP contribution in [0.5, 0.6) is 0 Å². The van der Waals surface area contributed by atoms with Gasteiger partial charge in [0.1, 0.15) is 23.3 Å². The van der Waals surface area contributed by atoms with Gasteiger partial charge in [0.2, 0.25) is 11.8 Å². The summed E-state index contributed by atoms with van der Waals surface area (Å²) in [6, 6.07) is 12.9. The van der Waals surface area contributed by atoms with Gasteiger partial charge in [0.15, 0.2) is 0 Å². The van der Waals surface area contributed by atoms with Gasteiger partial charge in [-0.05, 0) is 60.2 Å². The van der Waals surface area contributed by atoms with Crippen LogP contribution in [0.15, 0.2) is 60.7 Å². The molecule has 3 rings (SSSR count). The van der Waals surface area contributed by atoms with Crippen LogP contribution < -0.4 is 16.0 Å². The van der Waals surface area contributed by atoms with Gasteiger partial charge < -0.3 is 21.1 Å². The maximum Gasteiger partial charge on any atom is 0.224 e. The Balaban J connectivity index is 1.55. The summed E-state index contributed by atoms with van der Waals surface area (Å²) in [5.74, 6) is -4.26. The predicted octanol–water partition coefficient (Wildman–Crippen LogP) is 4.79. The Morgan fingerprint density at radius 3 is 2.23 bits per heavy atom. The Labute approximate surface area is 230 Å². The molecule has 3 aromatic rings. The number of carbonyl (C=O) groups is 2. The quantitative estimate of drug-likeness (QED) is 0.214. The van der Waals surface area contributed by atoms with E-state index in [1.165, 1.54) is 5.56 Å². The summed E-state index contributed by atoms with van der Waals surface area (Å²) < 4.78 is 54.3. The molecule has 0 radical (unpaired) electrons. The van der Waals surface area contributed by atoms with E-state index in [4.69, 9.17) is 0 Å². The minimum Gasteiger partial charge on any atom is -0.390 e. The third-order valence-electron chi connectivity index (χ3n) is 6.28. The number of rotatable bonds is 14. The van der Waals surface area contributed by atoms with Crippen molar-refractivity contribution in [3.05, 3.63) is 101 Å². The lowest BCUT2D eigenvalue weighted by Crippen LogP contribution is -2.48. The second-order valence-corrected chi connectivity index (χ2v) is 9.55. The molecule has 0 bridgehead atoms. The first kappa shape index (κ1) is 30.8. The number of aliphatic hydroxyl groups is 1. The standard InChI is InChI=1S/C30H33F4N3O3/c1-2-19-5-3-6-20(11-19)17-35-18-28(38)27(14-21-12-23(32)15-24(33)13-21)37-30(40)8-4-7-29(39)36-26-10-9-22(31)16-25(26)34/h3,5-6,9-13,15-16,27-28,35,38H,2,4,7-8,14,17-18H2,1H3,(H,36,39)(H,37,40)/t27-,28+/m0/s1. The zero-order chi connectivity index (χ0) is 29.1. The zero-order valence-electron chi connectivity index (χ0n) is 22.2. The molecule has 3 aromatic carbocycles. The van der Waals surface area contributed by atoms with Crippen LogP contribution in [0.1, 0.15) is 42.9 Å². The van der Waals surface area contributed by atoms with Gasteiger partial charge in [-0.1, -0.05) is 31.2 Å². The van der Waals surface area contributed by atoms with Crippen molar-refractivity contribution in [2.24, 2.45) is 0 Å². The highest BCUT2D eigenvalue weighted by Crippen LogP contribution is 2.16. The second kappa shape index (κ2) is 15.1. The van der Waals surface area contributed by atoms with E-state index in [2.05, 4.69) is 28.9 Å². The van der Waals surface area contributed by atoms with Crippen LogP contribution >= 0.6 is 0 Å². The minimum atomic E-state index is -1.09. The number of hydrogen-bond donors (Lipinski definition) is 4. The van der Waals surface area contributed by atoms with E-state index in [0.717, 1.165) is 42.3 Å². The van der Waals surface area contributed by atoms with Crippen LogP contribution in [0.25, 0.3) is 0 Å². The monoisotopic (exact) mass is 559 g/mol. The van der Waals surface area contributed by atoms with Crippen molar-refractivity contribution in [1.29, 1.82) is 0 Å². The van der Waals surface area contributed by atoms with Crippen molar-refractivity contribution < 1.29 is 32.3 Å². The van der Waals surface area contributed by atoms with Crippen molar-refractivity contribution in [1.82, 2.24) is 10.6 Å². The number of nitrogens with one attached hydrogen (secondary N) is 3. The highest BCUT2D eigenvalue weighted by molar-refractivity contribution is 5.91. The fourth-order valence-corrected chi connectivity index (χ4v) is 4.22. The molecule has 0 saturated carbocycles. The zero-order valence-corrected chi connectivity index (χ0v) is 22.2. The van der Waals surface area contributed by atoms with E-state index in [1.807, 2.05) is 18.2 Å². The number of benzene rings is 3. The van der Waals surface area contributed by atoms with Gasteiger partial charge in [-0.15, -0.1) is 0 Å². The molecule has 0 fully saturated rings. The Bertz CT molecular complexity index is 1280. The first-order valence-electron chi connectivity index (χ1n) is 13.1. The van der Waals surface area contributed by atoms with Crippen molar-refractivity contribution in [3.8, 4) is 0 Å². The van der Waals surface area contributed by atoms with E-state index < -0.39 is 47.2 Å². The molecule has 2 atom stereocenters. The Morgan fingerprint density at radius 1 is 0.825 bits per heavy atom. The molecule has 4 N–H and O–H groups in total. The van der Waals surface area contributed by atoms with Crippen LogP contribution in [-0.4, -0.2) is 35.6 Å². The third kappa shape index (κ3) is 10.1. The fourth-order valence-electron chi connectivity index (χ4n) is 4.22. The number of hydrogen-bond acceptors (Lipinski definition) is 4. The normalized spacial score (nSPS) is 12.6. The lowest BCUT2D eigenvalue weighted by molar-refractivity contribution is -0.122. The highest BCUT2D eigenvalue weighted by atomic mass is 19.1. The Hall–Kier alpha value is -3.76. The van der Waals surface area contributed by atoms with Crippen LogP contribution in [0.4, 0.5) is 23.2 Å². The fraction of sp³-hybridized carbons (Fsp3) is 0.333. The lowest BCUT2D eigenvalue weighted by atomic mass is 10.00. The highest BCUT2D eigenvalue weighted by Gasteiger charge is 2.22. The van der Waals surface area contributed by atoms with Crippen molar-refractivity contribution in [2.45, 2.75) is 57.7 Å². The summed E-state index contributed by atoms with van der Waals surface area (Å²) >= 11 is 0. The summed E-state index contributed by atoms with van der Waals surface area (Å²) in [6.45, 7) is 2.63. The van der Waals surface area contributed by atoms with Gasteiger partial charge in [-0.25, -0.2) is 17.6 Å². The van der Waals surface area contributed by atoms with Gasteiger partial charge in [0.25, 0.3) is 0 Å². The molecule has 0 unspecified atom stereocenters. The Kier molecular flexibility index (Phi) is 11.6. The predicted molar refractivity (Wildman–Crippen MR) is 144 cm³/mol. The largest absolute Gasteiger partial charge is 0.390 e. The molecule has 0 heterocycles. The molecule has 0 aliphatic carbocycles. The van der Waals surface area contributed by atoms with E-state index in [-0.39, 0.29) is 43.5 Å². The van der Waals surface area contributed by atoms with E-state index >= 15 is 0 Å². The van der Waals surface area contributed by atoms with Gasteiger partial charge in [0, 0.05) is 38.1 Å². The van der Waals surface area contributed by atoms with Gasteiger partial charge in [0.05, 0.1) is 17.8 Å². The van der Waals surface area contributed by atoms with Crippen molar-refractivity contribution in [3.63, 3.8) is 0 Å². The van der Waals surface area contributed by atoms with Crippen LogP contribution in [0.3, 0.4) is 0 Å². The first-order valence-corrected chi connectivity index (χ1v) is 13.1. The van der Waals surface area contributed by atoms with Crippen LogP contribution in [-0.2, 0) is 29.0 Å². The molecule has 0 aliphatic rings. The molecule has 0 aliphatic heterocycles. The maximum atomic E-state index is 13.8. The van der Waals surface area contributed by atoms with Crippen LogP contribution in [0.2, 0.25) is 0 Å². The molecule has 0 spiro atoms. The lowest BCUT2D eigenvalue weighted by Gasteiger charge is -2.25.